The van der Waals surface area contributed by atoms with Crippen molar-refractivity contribution in [3.8, 4) is 17.5 Å². The van der Waals surface area contributed by atoms with Gasteiger partial charge < -0.3 is 10.6 Å². The summed E-state index contributed by atoms with van der Waals surface area (Å²) in [7, 11) is 0. The topological polar surface area (TPSA) is 99.4 Å². The van der Waals surface area contributed by atoms with Crippen LogP contribution in [0.2, 0.25) is 0 Å². The van der Waals surface area contributed by atoms with Crippen molar-refractivity contribution in [2.24, 2.45) is 0 Å². The first-order chi connectivity index (χ1) is 12.5. The summed E-state index contributed by atoms with van der Waals surface area (Å²) in [6.45, 7) is 3.89. The van der Waals surface area contributed by atoms with Gasteiger partial charge in [-0.25, -0.2) is 9.37 Å². The average Bonchev–Trinajstić information content (AvgIpc) is 2.61. The van der Waals surface area contributed by atoms with Crippen molar-refractivity contribution in [2.45, 2.75) is 19.9 Å². The fourth-order valence-electron chi connectivity index (χ4n) is 2.22. The molecule has 7 nitrogen and oxygen atoms in total. The molecule has 0 aliphatic carbocycles. The minimum absolute atomic E-state index is 0.0878. The zero-order chi connectivity index (χ0) is 18.5. The molecule has 0 aliphatic rings. The lowest BCUT2D eigenvalue weighted by Crippen LogP contribution is -2.14. The van der Waals surface area contributed by atoms with Gasteiger partial charge in [-0.15, -0.1) is 0 Å². The van der Waals surface area contributed by atoms with E-state index in [0.717, 1.165) is 0 Å². The number of hydrogen-bond donors (Lipinski definition) is 2. The van der Waals surface area contributed by atoms with Crippen LogP contribution in [0.25, 0.3) is 11.4 Å². The highest BCUT2D eigenvalue weighted by Crippen LogP contribution is 2.22. The molecule has 0 saturated heterocycles. The van der Waals surface area contributed by atoms with Gasteiger partial charge in [-0.3, -0.25) is 0 Å². The van der Waals surface area contributed by atoms with Gasteiger partial charge in [0.15, 0.2) is 5.82 Å². The van der Waals surface area contributed by atoms with Crippen LogP contribution in [0.3, 0.4) is 0 Å². The van der Waals surface area contributed by atoms with E-state index >= 15 is 0 Å². The van der Waals surface area contributed by atoms with Crippen LogP contribution < -0.4 is 10.6 Å². The van der Waals surface area contributed by atoms with Gasteiger partial charge in [-0.1, -0.05) is 12.1 Å². The molecule has 2 aromatic heterocycles. The monoisotopic (exact) mass is 349 g/mol. The minimum Gasteiger partial charge on any atom is -0.352 e. The van der Waals surface area contributed by atoms with Gasteiger partial charge in [0.05, 0.1) is 5.56 Å². The van der Waals surface area contributed by atoms with Crippen LogP contribution in [-0.2, 0) is 0 Å². The normalized spacial score (nSPS) is 10.4. The van der Waals surface area contributed by atoms with Gasteiger partial charge in [0.2, 0.25) is 11.9 Å². The third-order valence-corrected chi connectivity index (χ3v) is 3.30. The fourth-order valence-corrected chi connectivity index (χ4v) is 2.22. The van der Waals surface area contributed by atoms with E-state index in [-0.39, 0.29) is 29.1 Å². The third-order valence-electron chi connectivity index (χ3n) is 3.30. The summed E-state index contributed by atoms with van der Waals surface area (Å²) in [4.78, 5) is 16.8. The van der Waals surface area contributed by atoms with E-state index in [4.69, 9.17) is 5.26 Å². The second-order valence-corrected chi connectivity index (χ2v) is 5.75. The molecule has 8 heteroatoms. The van der Waals surface area contributed by atoms with Crippen molar-refractivity contribution < 1.29 is 4.39 Å². The van der Waals surface area contributed by atoms with Crippen LogP contribution in [0, 0.1) is 17.1 Å². The molecule has 0 bridgehead atoms. The Kier molecular flexibility index (Phi) is 4.99. The smallest absolute Gasteiger partial charge is 0.232 e. The molecule has 0 saturated carbocycles. The Balaban J connectivity index is 2.02. The predicted molar refractivity (Wildman–Crippen MR) is 96.2 cm³/mol. The second kappa shape index (κ2) is 7.53. The number of anilines is 3. The molecule has 3 rings (SSSR count). The van der Waals surface area contributed by atoms with Crippen LogP contribution in [0.1, 0.15) is 19.5 Å². The van der Waals surface area contributed by atoms with E-state index in [1.165, 1.54) is 12.3 Å². The Morgan fingerprint density at radius 3 is 2.58 bits per heavy atom. The Bertz CT molecular complexity index is 966. The van der Waals surface area contributed by atoms with E-state index in [1.54, 1.807) is 30.3 Å². The Labute approximate surface area is 150 Å². The highest BCUT2D eigenvalue weighted by molar-refractivity contribution is 5.61. The first kappa shape index (κ1) is 17.2. The van der Waals surface area contributed by atoms with Gasteiger partial charge in [-0.2, -0.15) is 20.2 Å². The molecule has 0 radical (unpaired) electrons. The maximum atomic E-state index is 14.1. The minimum atomic E-state index is -0.421. The van der Waals surface area contributed by atoms with Gasteiger partial charge in [0.1, 0.15) is 17.6 Å². The molecule has 26 heavy (non-hydrogen) atoms. The number of aromatic nitrogens is 4. The zero-order valence-electron chi connectivity index (χ0n) is 14.2. The molecule has 0 fully saturated rings. The lowest BCUT2D eigenvalue weighted by molar-refractivity contribution is 0.630. The first-order valence-electron chi connectivity index (χ1n) is 7.96. The average molecular weight is 349 g/mol. The highest BCUT2D eigenvalue weighted by atomic mass is 19.1. The largest absolute Gasteiger partial charge is 0.352 e. The van der Waals surface area contributed by atoms with Gasteiger partial charge >= 0.3 is 0 Å². The van der Waals surface area contributed by atoms with Gasteiger partial charge in [-0.05, 0) is 38.1 Å². The molecule has 0 atom stereocenters. The summed E-state index contributed by atoms with van der Waals surface area (Å²) in [5.74, 6) is 0.343. The van der Waals surface area contributed by atoms with Crippen molar-refractivity contribution in [3.05, 3.63) is 54.1 Å². The molecule has 1 aromatic carbocycles. The van der Waals surface area contributed by atoms with Crippen molar-refractivity contribution >= 4 is 17.6 Å². The van der Waals surface area contributed by atoms with Crippen molar-refractivity contribution in [3.63, 3.8) is 0 Å². The number of nitriles is 1. The lowest BCUT2D eigenvalue weighted by Gasteiger charge is -2.12. The third kappa shape index (κ3) is 4.08. The molecule has 0 amide bonds. The van der Waals surface area contributed by atoms with Crippen LogP contribution in [0.5, 0.6) is 0 Å². The van der Waals surface area contributed by atoms with E-state index in [2.05, 4.69) is 30.6 Å². The predicted octanol–water partition coefficient (Wildman–Crippen LogP) is 3.51. The molecule has 130 valence electrons. The van der Waals surface area contributed by atoms with Gasteiger partial charge in [0, 0.05) is 17.9 Å². The molecule has 2 heterocycles. The fraction of sp³-hybridized carbons (Fsp3) is 0.167. The Hall–Kier alpha value is -3.60. The second-order valence-electron chi connectivity index (χ2n) is 5.75. The van der Waals surface area contributed by atoms with Crippen molar-refractivity contribution in [1.29, 1.82) is 5.26 Å². The van der Waals surface area contributed by atoms with Gasteiger partial charge in [0.25, 0.3) is 0 Å². The summed E-state index contributed by atoms with van der Waals surface area (Å²) in [6.07, 6.45) is 1.51. The molecular weight excluding hydrogens is 333 g/mol. The summed E-state index contributed by atoms with van der Waals surface area (Å²) in [5.41, 5.74) is 1.13. The van der Waals surface area contributed by atoms with E-state index in [1.807, 2.05) is 19.9 Å². The lowest BCUT2D eigenvalue weighted by atomic mass is 10.2. The molecule has 0 spiro atoms. The summed E-state index contributed by atoms with van der Waals surface area (Å²) in [6, 6.07) is 11.6. The number of benzene rings is 1. The summed E-state index contributed by atoms with van der Waals surface area (Å²) < 4.78 is 14.1. The van der Waals surface area contributed by atoms with Crippen LogP contribution in [0.4, 0.5) is 22.0 Å². The van der Waals surface area contributed by atoms with E-state index in [9.17, 15) is 4.39 Å². The van der Waals surface area contributed by atoms with E-state index in [0.29, 0.717) is 11.6 Å². The SMILES string of the molecule is CC(C)Nc1nc(Nc2ccnc(C#N)c2)nc(-c2ccccc2F)n1. The standard InChI is InChI=1S/C18H16FN7/c1-11(2)22-17-24-16(14-5-3-4-6-15(14)19)25-18(26-17)23-12-7-8-21-13(9-12)10-20/h3-9,11H,1-2H3,(H2,21,22,23,24,25,26). The Morgan fingerprint density at radius 2 is 1.85 bits per heavy atom. The number of nitrogens with zero attached hydrogens (tertiary/aromatic N) is 5. The molecular formula is C18H16FN7. The van der Waals surface area contributed by atoms with Crippen LogP contribution >= 0.6 is 0 Å². The molecule has 0 unspecified atom stereocenters. The highest BCUT2D eigenvalue weighted by Gasteiger charge is 2.13. The number of hydrogen-bond acceptors (Lipinski definition) is 7. The number of pyridine rings is 1. The maximum absolute atomic E-state index is 14.1. The van der Waals surface area contributed by atoms with Crippen molar-refractivity contribution in [1.82, 2.24) is 19.9 Å². The molecule has 3 aromatic rings. The van der Waals surface area contributed by atoms with E-state index < -0.39 is 5.82 Å². The molecule has 2 N–H and O–H groups in total. The number of nitrogens with one attached hydrogen (secondary N) is 2. The summed E-state index contributed by atoms with van der Waals surface area (Å²) >= 11 is 0. The number of halogens is 1. The van der Waals surface area contributed by atoms with Crippen LogP contribution in [-0.4, -0.2) is 26.0 Å². The zero-order valence-corrected chi connectivity index (χ0v) is 14.2. The maximum Gasteiger partial charge on any atom is 0.232 e. The number of rotatable bonds is 5. The van der Waals surface area contributed by atoms with Crippen LogP contribution in [0.15, 0.2) is 42.6 Å². The Morgan fingerprint density at radius 1 is 1.08 bits per heavy atom. The first-order valence-corrected chi connectivity index (χ1v) is 7.96. The summed E-state index contributed by atoms with van der Waals surface area (Å²) in [5, 5.41) is 15.1. The molecule has 0 aliphatic heterocycles. The quantitative estimate of drug-likeness (QED) is 0.727. The van der Waals surface area contributed by atoms with Crippen molar-refractivity contribution in [2.75, 3.05) is 10.6 Å².